The molecule has 0 aliphatic carbocycles. The van der Waals surface area contributed by atoms with Crippen molar-refractivity contribution >= 4 is 0 Å². The predicted octanol–water partition coefficient (Wildman–Crippen LogP) is 2.53. The summed E-state index contributed by atoms with van der Waals surface area (Å²) >= 11 is 0. The first-order chi connectivity index (χ1) is 6.84. The van der Waals surface area contributed by atoms with Crippen LogP contribution in [0, 0.1) is 13.0 Å². The zero-order chi connectivity index (χ0) is 9.80. The maximum absolute atomic E-state index is 5.59. The Morgan fingerprint density at radius 3 is 2.67 bits per heavy atom. The van der Waals surface area contributed by atoms with Gasteiger partial charge < -0.3 is 0 Å². The summed E-state index contributed by atoms with van der Waals surface area (Å²) in [6.45, 7) is 5.59. The number of hydrogen-bond acceptors (Lipinski definition) is 1. The summed E-state index contributed by atoms with van der Waals surface area (Å²) in [7, 11) is 0. The van der Waals surface area contributed by atoms with E-state index in [0.29, 0.717) is 5.69 Å². The van der Waals surface area contributed by atoms with Gasteiger partial charge >= 0.3 is 19.5 Å². The second-order valence-electron chi connectivity index (χ2n) is 3.12. The average molecular weight is 281 g/mol. The number of hydrogen-bond donors (Lipinski definition) is 0. The molecule has 15 heavy (non-hydrogen) atoms. The molecule has 1 aromatic carbocycles. The Labute approximate surface area is 103 Å². The van der Waals surface area contributed by atoms with Gasteiger partial charge in [0, 0.05) is 18.3 Å². The normalized spacial score (nSPS) is 9.40. The zero-order valence-electron chi connectivity index (χ0n) is 8.13. The van der Waals surface area contributed by atoms with Crippen molar-refractivity contribution in [1.82, 2.24) is 4.98 Å². The zero-order valence-corrected chi connectivity index (χ0v) is 9.86. The predicted molar refractivity (Wildman–Crippen MR) is 55.7 cm³/mol. The second-order valence-corrected chi connectivity index (χ2v) is 3.12. The van der Waals surface area contributed by atoms with Crippen LogP contribution in [-0.4, -0.2) is 4.98 Å². The van der Waals surface area contributed by atoms with Crippen LogP contribution in [0.15, 0.2) is 42.5 Å². The fourth-order valence-corrected chi connectivity index (χ4v) is 1.33. The van der Waals surface area contributed by atoms with E-state index in [1.165, 1.54) is 0 Å². The van der Waals surface area contributed by atoms with Gasteiger partial charge in [0.1, 0.15) is 0 Å². The fourth-order valence-electron chi connectivity index (χ4n) is 1.33. The van der Waals surface area contributed by atoms with Crippen molar-refractivity contribution < 1.29 is 19.5 Å². The van der Waals surface area contributed by atoms with Gasteiger partial charge in [0.2, 0.25) is 0 Å². The standard InChI is InChI=1S/C13H10N.Ru/c1-11-6-5-9-13(14-11)10-12-7-3-2-4-8-12;/h1-7,9H,10H2;/q-1;+1. The molecule has 0 fully saturated rings. The Balaban J connectivity index is 0.00000112. The molecule has 0 amide bonds. The third kappa shape index (κ3) is 3.56. The Hall–Kier alpha value is -1.01. The SMILES string of the molecule is [CH]c1cccc(Cc2[c-]cccc2)n1.[Ru+]. The van der Waals surface area contributed by atoms with Gasteiger partial charge in [-0.1, -0.05) is 6.07 Å². The van der Waals surface area contributed by atoms with E-state index in [0.717, 1.165) is 17.7 Å². The van der Waals surface area contributed by atoms with Crippen LogP contribution < -0.4 is 0 Å². The van der Waals surface area contributed by atoms with Crippen LogP contribution in [0.3, 0.4) is 0 Å². The molecule has 1 heterocycles. The Kier molecular flexibility index (Phi) is 4.64. The van der Waals surface area contributed by atoms with E-state index in [4.69, 9.17) is 6.92 Å². The molecule has 1 nitrogen and oxygen atoms in total. The molecule has 1 aromatic heterocycles. The second kappa shape index (κ2) is 5.77. The van der Waals surface area contributed by atoms with E-state index in [1.807, 2.05) is 36.4 Å². The van der Waals surface area contributed by atoms with Gasteiger partial charge in [-0.05, 0) is 18.6 Å². The number of benzene rings is 1. The van der Waals surface area contributed by atoms with Crippen molar-refractivity contribution in [2.45, 2.75) is 6.42 Å². The monoisotopic (exact) mass is 282 g/mol. The molecule has 0 bridgehead atoms. The number of pyridine rings is 1. The van der Waals surface area contributed by atoms with Gasteiger partial charge in [-0.3, -0.25) is 4.98 Å². The Morgan fingerprint density at radius 1 is 1.13 bits per heavy atom. The van der Waals surface area contributed by atoms with E-state index in [1.54, 1.807) is 6.07 Å². The third-order valence-electron chi connectivity index (χ3n) is 1.97. The minimum absolute atomic E-state index is 0. The molecule has 2 rings (SSSR count). The molecule has 3 radical (unpaired) electrons. The Morgan fingerprint density at radius 2 is 2.00 bits per heavy atom. The molecule has 0 atom stereocenters. The fraction of sp³-hybridized carbons (Fsp3) is 0.0769. The van der Waals surface area contributed by atoms with E-state index in [9.17, 15) is 0 Å². The Bertz CT molecular complexity index is 412. The van der Waals surface area contributed by atoms with Gasteiger partial charge in [0.25, 0.3) is 0 Å². The molecule has 0 aliphatic heterocycles. The van der Waals surface area contributed by atoms with Gasteiger partial charge in [0.05, 0.1) is 0 Å². The summed E-state index contributed by atoms with van der Waals surface area (Å²) in [5.41, 5.74) is 2.68. The summed E-state index contributed by atoms with van der Waals surface area (Å²) < 4.78 is 0. The van der Waals surface area contributed by atoms with Crippen LogP contribution in [0.2, 0.25) is 0 Å². The molecular weight excluding hydrogens is 271 g/mol. The summed E-state index contributed by atoms with van der Waals surface area (Å²) in [4.78, 5) is 4.23. The molecule has 0 aliphatic rings. The van der Waals surface area contributed by atoms with E-state index in [-0.39, 0.29) is 19.5 Å². The van der Waals surface area contributed by atoms with Crippen LogP contribution in [0.5, 0.6) is 0 Å². The van der Waals surface area contributed by atoms with Crippen LogP contribution in [0.1, 0.15) is 17.0 Å². The van der Waals surface area contributed by atoms with Crippen LogP contribution in [0.25, 0.3) is 0 Å². The molecule has 0 unspecified atom stereocenters. The summed E-state index contributed by atoms with van der Waals surface area (Å²) in [5, 5.41) is 0. The summed E-state index contributed by atoms with van der Waals surface area (Å²) in [5.74, 6) is 0. The number of aromatic nitrogens is 1. The van der Waals surface area contributed by atoms with Gasteiger partial charge in [-0.25, -0.2) is 0 Å². The largest absolute Gasteiger partial charge is 1.00 e. The average Bonchev–Trinajstić information content (AvgIpc) is 2.19. The number of rotatable bonds is 2. The van der Waals surface area contributed by atoms with Crippen molar-refractivity contribution in [2.75, 3.05) is 0 Å². The minimum Gasteiger partial charge on any atom is -0.257 e. The van der Waals surface area contributed by atoms with Crippen molar-refractivity contribution in [3.63, 3.8) is 0 Å². The van der Waals surface area contributed by atoms with Crippen molar-refractivity contribution in [1.29, 1.82) is 0 Å². The smallest absolute Gasteiger partial charge is 0.257 e. The molecule has 0 saturated carbocycles. The molecule has 75 valence electrons. The van der Waals surface area contributed by atoms with Crippen LogP contribution >= 0.6 is 0 Å². The van der Waals surface area contributed by atoms with Gasteiger partial charge in [-0.2, -0.15) is 35.9 Å². The van der Waals surface area contributed by atoms with Crippen molar-refractivity contribution in [3.8, 4) is 0 Å². The number of nitrogens with zero attached hydrogens (tertiary/aromatic N) is 1. The van der Waals surface area contributed by atoms with E-state index < -0.39 is 0 Å². The van der Waals surface area contributed by atoms with Gasteiger partial charge in [0.15, 0.2) is 0 Å². The summed E-state index contributed by atoms with van der Waals surface area (Å²) in [6.07, 6.45) is 0.784. The molecule has 2 heteroatoms. The van der Waals surface area contributed by atoms with Crippen molar-refractivity contribution in [3.05, 3.63) is 72.4 Å². The van der Waals surface area contributed by atoms with Crippen LogP contribution in [0.4, 0.5) is 0 Å². The maximum Gasteiger partial charge on any atom is 1.00 e. The third-order valence-corrected chi connectivity index (χ3v) is 1.97. The molecule has 0 N–H and O–H groups in total. The quantitative estimate of drug-likeness (QED) is 0.609. The molecular formula is C13H10NRu. The molecule has 0 saturated heterocycles. The van der Waals surface area contributed by atoms with Gasteiger partial charge in [-0.15, -0.1) is 0 Å². The van der Waals surface area contributed by atoms with E-state index in [2.05, 4.69) is 11.1 Å². The van der Waals surface area contributed by atoms with E-state index >= 15 is 0 Å². The maximum atomic E-state index is 5.59. The van der Waals surface area contributed by atoms with Crippen LogP contribution in [-0.2, 0) is 25.9 Å². The first-order valence-electron chi connectivity index (χ1n) is 4.51. The minimum atomic E-state index is 0. The first-order valence-corrected chi connectivity index (χ1v) is 4.51. The molecule has 2 aromatic rings. The molecule has 0 spiro atoms. The van der Waals surface area contributed by atoms with Crippen molar-refractivity contribution in [2.24, 2.45) is 0 Å². The summed E-state index contributed by atoms with van der Waals surface area (Å²) in [6, 6.07) is 16.7. The topological polar surface area (TPSA) is 12.9 Å². The first kappa shape index (κ1) is 12.1.